The lowest BCUT2D eigenvalue weighted by molar-refractivity contribution is -0.130. The molecule has 0 aromatic heterocycles. The second-order valence-corrected chi connectivity index (χ2v) is 4.01. The first kappa shape index (κ1) is 15.6. The van der Waals surface area contributed by atoms with Crippen LogP contribution in [-0.2, 0) is 14.4 Å². The molecule has 6 nitrogen and oxygen atoms in total. The third kappa shape index (κ3) is 6.68. The second kappa shape index (κ2) is 7.78. The summed E-state index contributed by atoms with van der Waals surface area (Å²) in [4.78, 5) is 33.8. The SMILES string of the molecule is CC(=O)N[C@@H](C)C(=O)N[C@@H](C)C(=O)CCCN. The van der Waals surface area contributed by atoms with Crippen LogP contribution >= 0.6 is 0 Å². The molecule has 0 bridgehead atoms. The fourth-order valence-electron chi connectivity index (χ4n) is 1.28. The second-order valence-electron chi connectivity index (χ2n) is 4.01. The van der Waals surface area contributed by atoms with Gasteiger partial charge in [0.15, 0.2) is 5.78 Å². The minimum atomic E-state index is -0.641. The fourth-order valence-corrected chi connectivity index (χ4v) is 1.28. The molecule has 17 heavy (non-hydrogen) atoms. The van der Waals surface area contributed by atoms with Gasteiger partial charge >= 0.3 is 0 Å². The van der Waals surface area contributed by atoms with Crippen molar-refractivity contribution in [3.05, 3.63) is 0 Å². The van der Waals surface area contributed by atoms with Crippen molar-refractivity contribution in [2.45, 2.75) is 45.7 Å². The molecule has 6 heteroatoms. The number of hydrogen-bond donors (Lipinski definition) is 3. The van der Waals surface area contributed by atoms with Crippen LogP contribution in [-0.4, -0.2) is 36.2 Å². The van der Waals surface area contributed by atoms with Gasteiger partial charge in [-0.1, -0.05) is 0 Å². The van der Waals surface area contributed by atoms with Gasteiger partial charge in [0.05, 0.1) is 6.04 Å². The normalized spacial score (nSPS) is 13.6. The van der Waals surface area contributed by atoms with Gasteiger partial charge in [0.1, 0.15) is 6.04 Å². The quantitative estimate of drug-likeness (QED) is 0.551. The highest BCUT2D eigenvalue weighted by Crippen LogP contribution is 1.95. The van der Waals surface area contributed by atoms with E-state index in [-0.39, 0.29) is 17.6 Å². The lowest BCUT2D eigenvalue weighted by Crippen LogP contribution is -2.48. The maximum atomic E-state index is 11.6. The van der Waals surface area contributed by atoms with E-state index in [0.29, 0.717) is 19.4 Å². The standard InChI is InChI=1S/C11H21N3O3/c1-7(10(16)5-4-6-12)14-11(17)8(2)13-9(3)15/h7-8H,4-6,12H2,1-3H3,(H,13,15)(H,14,17)/t7-,8-/m0/s1. The van der Waals surface area contributed by atoms with Gasteiger partial charge in [-0.2, -0.15) is 0 Å². The van der Waals surface area contributed by atoms with E-state index in [1.807, 2.05) is 0 Å². The zero-order valence-corrected chi connectivity index (χ0v) is 10.6. The number of carbonyl (C=O) groups is 3. The molecule has 0 aromatic carbocycles. The van der Waals surface area contributed by atoms with Gasteiger partial charge in [-0.05, 0) is 26.8 Å². The molecule has 0 saturated heterocycles. The summed E-state index contributed by atoms with van der Waals surface area (Å²) in [6, 6.07) is -1.19. The number of amides is 2. The van der Waals surface area contributed by atoms with Gasteiger partial charge in [-0.3, -0.25) is 14.4 Å². The Labute approximate surface area is 101 Å². The summed E-state index contributed by atoms with van der Waals surface area (Å²) in [6.45, 7) is 4.97. The Balaban J connectivity index is 4.10. The molecule has 0 aliphatic rings. The van der Waals surface area contributed by atoms with Crippen LogP contribution in [0.5, 0.6) is 0 Å². The molecule has 0 rings (SSSR count). The van der Waals surface area contributed by atoms with Crippen LogP contribution in [0.2, 0.25) is 0 Å². The molecule has 0 spiro atoms. The van der Waals surface area contributed by atoms with Crippen molar-refractivity contribution in [3.8, 4) is 0 Å². The van der Waals surface area contributed by atoms with Crippen LogP contribution in [0.3, 0.4) is 0 Å². The van der Waals surface area contributed by atoms with E-state index in [9.17, 15) is 14.4 Å². The topological polar surface area (TPSA) is 101 Å². The molecular weight excluding hydrogens is 222 g/mol. The maximum absolute atomic E-state index is 11.6. The van der Waals surface area contributed by atoms with E-state index in [4.69, 9.17) is 5.73 Å². The Morgan fingerprint density at radius 1 is 1.12 bits per heavy atom. The van der Waals surface area contributed by atoms with Crippen molar-refractivity contribution < 1.29 is 14.4 Å². The van der Waals surface area contributed by atoms with E-state index >= 15 is 0 Å². The highest BCUT2D eigenvalue weighted by Gasteiger charge is 2.19. The summed E-state index contributed by atoms with van der Waals surface area (Å²) >= 11 is 0. The van der Waals surface area contributed by atoms with Crippen LogP contribution in [0.15, 0.2) is 0 Å². The third-order valence-electron chi connectivity index (χ3n) is 2.28. The maximum Gasteiger partial charge on any atom is 0.242 e. The number of rotatable bonds is 7. The summed E-state index contributed by atoms with van der Waals surface area (Å²) in [6.07, 6.45) is 0.965. The Kier molecular flexibility index (Phi) is 7.13. The lowest BCUT2D eigenvalue weighted by Gasteiger charge is -2.17. The molecule has 0 aliphatic carbocycles. The van der Waals surface area contributed by atoms with Crippen molar-refractivity contribution in [3.63, 3.8) is 0 Å². The Morgan fingerprint density at radius 2 is 1.71 bits per heavy atom. The number of hydrogen-bond acceptors (Lipinski definition) is 4. The molecular formula is C11H21N3O3. The van der Waals surface area contributed by atoms with Crippen molar-refractivity contribution in [1.82, 2.24) is 10.6 Å². The van der Waals surface area contributed by atoms with Crippen molar-refractivity contribution in [2.75, 3.05) is 6.54 Å². The summed E-state index contributed by atoms with van der Waals surface area (Å²) < 4.78 is 0. The van der Waals surface area contributed by atoms with Crippen LogP contribution in [0.4, 0.5) is 0 Å². The lowest BCUT2D eigenvalue weighted by atomic mass is 10.1. The van der Waals surface area contributed by atoms with Crippen LogP contribution in [0.25, 0.3) is 0 Å². The minimum Gasteiger partial charge on any atom is -0.345 e. The fraction of sp³-hybridized carbons (Fsp3) is 0.727. The largest absolute Gasteiger partial charge is 0.345 e. The van der Waals surface area contributed by atoms with E-state index in [2.05, 4.69) is 10.6 Å². The first-order valence-corrected chi connectivity index (χ1v) is 5.68. The summed E-state index contributed by atoms with van der Waals surface area (Å²) in [5.41, 5.74) is 5.29. The van der Waals surface area contributed by atoms with Gasteiger partial charge in [-0.25, -0.2) is 0 Å². The molecule has 0 fully saturated rings. The highest BCUT2D eigenvalue weighted by atomic mass is 16.2. The van der Waals surface area contributed by atoms with Crippen LogP contribution in [0, 0.1) is 0 Å². The van der Waals surface area contributed by atoms with Crippen molar-refractivity contribution in [2.24, 2.45) is 5.73 Å². The van der Waals surface area contributed by atoms with Gasteiger partial charge in [0.25, 0.3) is 0 Å². The third-order valence-corrected chi connectivity index (χ3v) is 2.28. The molecule has 0 radical (unpaired) electrons. The summed E-state index contributed by atoms with van der Waals surface area (Å²) in [5, 5.41) is 5.00. The average molecular weight is 243 g/mol. The monoisotopic (exact) mass is 243 g/mol. The van der Waals surface area contributed by atoms with E-state index in [0.717, 1.165) is 0 Å². The average Bonchev–Trinajstić information content (AvgIpc) is 2.24. The number of nitrogens with two attached hydrogens (primary N) is 1. The van der Waals surface area contributed by atoms with Crippen LogP contribution < -0.4 is 16.4 Å². The molecule has 0 unspecified atom stereocenters. The van der Waals surface area contributed by atoms with Gasteiger partial charge < -0.3 is 16.4 Å². The molecule has 98 valence electrons. The van der Waals surface area contributed by atoms with Crippen LogP contribution in [0.1, 0.15) is 33.6 Å². The van der Waals surface area contributed by atoms with Crippen molar-refractivity contribution >= 4 is 17.6 Å². The van der Waals surface area contributed by atoms with E-state index in [1.165, 1.54) is 6.92 Å². The molecule has 4 N–H and O–H groups in total. The Bertz CT molecular complexity index is 292. The van der Waals surface area contributed by atoms with Gasteiger partial charge in [0, 0.05) is 13.3 Å². The smallest absolute Gasteiger partial charge is 0.242 e. The van der Waals surface area contributed by atoms with E-state index in [1.54, 1.807) is 13.8 Å². The van der Waals surface area contributed by atoms with Crippen molar-refractivity contribution in [1.29, 1.82) is 0 Å². The molecule has 0 aromatic rings. The molecule has 0 saturated carbocycles. The molecule has 2 amide bonds. The minimum absolute atomic E-state index is 0.0566. The Hall–Kier alpha value is -1.43. The number of ketones is 1. The van der Waals surface area contributed by atoms with Gasteiger partial charge in [-0.15, -0.1) is 0 Å². The first-order valence-electron chi connectivity index (χ1n) is 5.68. The number of carbonyl (C=O) groups excluding carboxylic acids is 3. The number of nitrogens with one attached hydrogen (secondary N) is 2. The molecule has 0 aliphatic heterocycles. The van der Waals surface area contributed by atoms with Gasteiger partial charge in [0.2, 0.25) is 11.8 Å². The van der Waals surface area contributed by atoms with E-state index < -0.39 is 12.1 Å². The Morgan fingerprint density at radius 3 is 2.18 bits per heavy atom. The zero-order chi connectivity index (χ0) is 13.4. The first-order chi connectivity index (χ1) is 7.88. The number of Topliss-reactive ketones (excluding diaryl/α,β-unsaturated/α-hetero) is 1. The molecule has 2 atom stereocenters. The summed E-state index contributed by atoms with van der Waals surface area (Å²) in [7, 11) is 0. The zero-order valence-electron chi connectivity index (χ0n) is 10.6. The summed E-state index contributed by atoms with van der Waals surface area (Å²) in [5.74, 6) is -0.706. The predicted molar refractivity (Wildman–Crippen MR) is 64.2 cm³/mol. The predicted octanol–water partition coefficient (Wildman–Crippen LogP) is -0.676. The molecule has 0 heterocycles. The highest BCUT2D eigenvalue weighted by molar-refractivity contribution is 5.92.